The summed E-state index contributed by atoms with van der Waals surface area (Å²) in [6.45, 7) is 5.56. The molecular weight excluding hydrogens is 354 g/mol. The zero-order valence-electron chi connectivity index (χ0n) is 16.6. The number of benzene rings is 2. The molecule has 0 unspecified atom stereocenters. The number of hydrogen-bond donors (Lipinski definition) is 1. The quantitative estimate of drug-likeness (QED) is 0.834. The number of carbonyl (C=O) groups excluding carboxylic acids is 2. The second-order valence-corrected chi connectivity index (χ2v) is 7.16. The fourth-order valence-electron chi connectivity index (χ4n) is 3.36. The van der Waals surface area contributed by atoms with Gasteiger partial charge in [0.05, 0.1) is 20.2 Å². The van der Waals surface area contributed by atoms with Crippen LogP contribution in [-0.2, 0) is 16.1 Å². The molecule has 1 atom stereocenters. The van der Waals surface area contributed by atoms with E-state index in [4.69, 9.17) is 4.74 Å². The van der Waals surface area contributed by atoms with Crippen molar-refractivity contribution in [3.8, 4) is 5.75 Å². The molecule has 2 aromatic rings. The van der Waals surface area contributed by atoms with E-state index in [1.54, 1.807) is 12.0 Å². The second kappa shape index (κ2) is 8.89. The van der Waals surface area contributed by atoms with Gasteiger partial charge in [-0.2, -0.15) is 0 Å². The third-order valence-corrected chi connectivity index (χ3v) is 5.18. The van der Waals surface area contributed by atoms with Gasteiger partial charge >= 0.3 is 0 Å². The van der Waals surface area contributed by atoms with E-state index < -0.39 is 0 Å². The van der Waals surface area contributed by atoms with Crippen molar-refractivity contribution in [2.45, 2.75) is 26.4 Å². The van der Waals surface area contributed by atoms with E-state index in [0.717, 1.165) is 22.6 Å². The standard InChI is InChI=1S/C22H27N3O3/c1-16-6-4-5-7-18(16)12-23-21(26)14-24-15-22(27)25(13-17(24)2)19-8-10-20(28-3)11-9-19/h4-11,17H,12-15H2,1-3H3,(H,23,26)/t17-/m0/s1. The van der Waals surface area contributed by atoms with Gasteiger partial charge in [-0.05, 0) is 49.2 Å². The molecule has 1 saturated heterocycles. The lowest BCUT2D eigenvalue weighted by Gasteiger charge is -2.39. The minimum absolute atomic E-state index is 0.00466. The first-order chi connectivity index (χ1) is 13.5. The van der Waals surface area contributed by atoms with Crippen molar-refractivity contribution in [3.63, 3.8) is 0 Å². The van der Waals surface area contributed by atoms with Crippen LogP contribution >= 0.6 is 0 Å². The molecule has 1 N–H and O–H groups in total. The Morgan fingerprint density at radius 1 is 1.18 bits per heavy atom. The van der Waals surface area contributed by atoms with E-state index in [9.17, 15) is 9.59 Å². The van der Waals surface area contributed by atoms with Gasteiger partial charge in [-0.15, -0.1) is 0 Å². The maximum absolute atomic E-state index is 12.6. The molecule has 1 aliphatic heterocycles. The van der Waals surface area contributed by atoms with E-state index in [1.807, 2.05) is 67.3 Å². The Kier molecular flexibility index (Phi) is 6.31. The average Bonchev–Trinajstić information content (AvgIpc) is 2.70. The lowest BCUT2D eigenvalue weighted by molar-refractivity contribution is -0.126. The number of carbonyl (C=O) groups is 2. The van der Waals surface area contributed by atoms with Gasteiger partial charge in [0.25, 0.3) is 0 Å². The van der Waals surface area contributed by atoms with Crippen LogP contribution in [0.5, 0.6) is 5.75 Å². The average molecular weight is 381 g/mol. The van der Waals surface area contributed by atoms with Crippen molar-refractivity contribution in [3.05, 3.63) is 59.7 Å². The van der Waals surface area contributed by atoms with Crippen LogP contribution in [0.4, 0.5) is 5.69 Å². The van der Waals surface area contributed by atoms with Gasteiger partial charge in [0.15, 0.2) is 0 Å². The van der Waals surface area contributed by atoms with Gasteiger partial charge in [0.2, 0.25) is 11.8 Å². The first-order valence-electron chi connectivity index (χ1n) is 9.47. The van der Waals surface area contributed by atoms with E-state index >= 15 is 0 Å². The van der Waals surface area contributed by atoms with Gasteiger partial charge in [-0.3, -0.25) is 14.5 Å². The van der Waals surface area contributed by atoms with Crippen LogP contribution in [0.3, 0.4) is 0 Å². The number of rotatable bonds is 6. The highest BCUT2D eigenvalue weighted by Gasteiger charge is 2.31. The maximum Gasteiger partial charge on any atom is 0.241 e. The van der Waals surface area contributed by atoms with Crippen LogP contribution in [0.1, 0.15) is 18.1 Å². The Morgan fingerprint density at radius 2 is 1.89 bits per heavy atom. The molecule has 0 saturated carbocycles. The van der Waals surface area contributed by atoms with E-state index in [0.29, 0.717) is 13.1 Å². The maximum atomic E-state index is 12.6. The van der Waals surface area contributed by atoms with Crippen molar-refractivity contribution >= 4 is 17.5 Å². The molecule has 6 heteroatoms. The Bertz CT molecular complexity index is 835. The summed E-state index contributed by atoms with van der Waals surface area (Å²) >= 11 is 0. The fourth-order valence-corrected chi connectivity index (χ4v) is 3.36. The third kappa shape index (κ3) is 4.70. The number of nitrogens with one attached hydrogen (secondary N) is 1. The van der Waals surface area contributed by atoms with E-state index in [1.165, 1.54) is 0 Å². The van der Waals surface area contributed by atoms with Gasteiger partial charge in [0, 0.05) is 24.8 Å². The number of methoxy groups -OCH3 is 1. The van der Waals surface area contributed by atoms with Crippen molar-refractivity contribution < 1.29 is 14.3 Å². The molecule has 28 heavy (non-hydrogen) atoms. The molecule has 3 rings (SSSR count). The predicted octanol–water partition coefficient (Wildman–Crippen LogP) is 2.36. The molecular formula is C22H27N3O3. The van der Waals surface area contributed by atoms with Gasteiger partial charge in [-0.25, -0.2) is 0 Å². The summed E-state index contributed by atoms with van der Waals surface area (Å²) in [4.78, 5) is 28.7. The highest BCUT2D eigenvalue weighted by atomic mass is 16.5. The predicted molar refractivity (Wildman–Crippen MR) is 109 cm³/mol. The highest BCUT2D eigenvalue weighted by Crippen LogP contribution is 2.23. The zero-order chi connectivity index (χ0) is 20.1. The van der Waals surface area contributed by atoms with Crippen molar-refractivity contribution in [1.82, 2.24) is 10.2 Å². The first-order valence-corrected chi connectivity index (χ1v) is 9.47. The molecule has 0 bridgehead atoms. The number of aryl methyl sites for hydroxylation is 1. The monoisotopic (exact) mass is 381 g/mol. The first kappa shape index (κ1) is 19.9. The minimum atomic E-state index is -0.0687. The Labute approximate surface area is 166 Å². The lowest BCUT2D eigenvalue weighted by atomic mass is 10.1. The normalized spacial score (nSPS) is 17.5. The molecule has 2 amide bonds. The lowest BCUT2D eigenvalue weighted by Crippen LogP contribution is -2.57. The van der Waals surface area contributed by atoms with Crippen LogP contribution in [-0.4, -0.2) is 49.5 Å². The Hall–Kier alpha value is -2.86. The molecule has 0 radical (unpaired) electrons. The number of anilines is 1. The van der Waals surface area contributed by atoms with Gasteiger partial charge in [0.1, 0.15) is 5.75 Å². The molecule has 1 heterocycles. The molecule has 148 valence electrons. The van der Waals surface area contributed by atoms with Crippen molar-refractivity contribution in [2.75, 3.05) is 31.6 Å². The van der Waals surface area contributed by atoms with Gasteiger partial charge in [-0.1, -0.05) is 24.3 Å². The van der Waals surface area contributed by atoms with Crippen molar-refractivity contribution in [1.29, 1.82) is 0 Å². The van der Waals surface area contributed by atoms with Crippen LogP contribution in [0, 0.1) is 6.92 Å². The number of piperazine rings is 1. The number of nitrogens with zero attached hydrogens (tertiary/aromatic N) is 2. The van der Waals surface area contributed by atoms with Gasteiger partial charge < -0.3 is 15.0 Å². The number of amides is 2. The summed E-state index contributed by atoms with van der Waals surface area (Å²) < 4.78 is 5.17. The minimum Gasteiger partial charge on any atom is -0.497 e. The SMILES string of the molecule is COc1ccc(N2C[C@H](C)N(CC(=O)NCc3ccccc3C)CC2=O)cc1. The number of ether oxygens (including phenoxy) is 1. The van der Waals surface area contributed by atoms with E-state index in [-0.39, 0.29) is 30.9 Å². The topological polar surface area (TPSA) is 61.9 Å². The van der Waals surface area contributed by atoms with E-state index in [2.05, 4.69) is 5.32 Å². The van der Waals surface area contributed by atoms with Crippen LogP contribution in [0.25, 0.3) is 0 Å². The smallest absolute Gasteiger partial charge is 0.241 e. The fraction of sp³-hybridized carbons (Fsp3) is 0.364. The number of hydrogen-bond acceptors (Lipinski definition) is 4. The molecule has 0 aromatic heterocycles. The molecule has 0 aliphatic carbocycles. The third-order valence-electron chi connectivity index (χ3n) is 5.18. The van der Waals surface area contributed by atoms with Crippen LogP contribution in [0.15, 0.2) is 48.5 Å². The largest absolute Gasteiger partial charge is 0.497 e. The molecule has 1 fully saturated rings. The molecule has 2 aromatic carbocycles. The summed E-state index contributed by atoms with van der Waals surface area (Å²) in [5, 5.41) is 2.96. The zero-order valence-corrected chi connectivity index (χ0v) is 16.6. The summed E-state index contributed by atoms with van der Waals surface area (Å²) in [7, 11) is 1.62. The molecule has 0 spiro atoms. The summed E-state index contributed by atoms with van der Waals surface area (Å²) in [5.41, 5.74) is 3.10. The highest BCUT2D eigenvalue weighted by molar-refractivity contribution is 5.96. The Balaban J connectivity index is 1.55. The molecule has 6 nitrogen and oxygen atoms in total. The van der Waals surface area contributed by atoms with Crippen molar-refractivity contribution in [2.24, 2.45) is 0 Å². The Morgan fingerprint density at radius 3 is 2.57 bits per heavy atom. The van der Waals surface area contributed by atoms with Crippen LogP contribution < -0.4 is 15.0 Å². The molecule has 1 aliphatic rings. The van der Waals surface area contributed by atoms with Crippen LogP contribution in [0.2, 0.25) is 0 Å². The summed E-state index contributed by atoms with van der Waals surface area (Å²) in [6.07, 6.45) is 0. The second-order valence-electron chi connectivity index (χ2n) is 7.16. The summed E-state index contributed by atoms with van der Waals surface area (Å²) in [5.74, 6) is 0.684. The summed E-state index contributed by atoms with van der Waals surface area (Å²) in [6, 6.07) is 15.5.